The van der Waals surface area contributed by atoms with Crippen molar-refractivity contribution >= 4 is 0 Å². The molecule has 0 bridgehead atoms. The molecular formula is C18H16N2O3. The number of nitrogens with zero attached hydrogens (tertiary/aromatic N) is 1. The third-order valence-corrected chi connectivity index (χ3v) is 3.95. The van der Waals surface area contributed by atoms with Gasteiger partial charge in [-0.3, -0.25) is 0 Å². The average molecular weight is 308 g/mol. The molecule has 0 aliphatic carbocycles. The topological polar surface area (TPSA) is 88.5 Å². The molecule has 3 N–H and O–H groups in total. The lowest BCUT2D eigenvalue weighted by Crippen LogP contribution is -2.21. The fourth-order valence-corrected chi connectivity index (χ4v) is 2.87. The third-order valence-electron chi connectivity index (χ3n) is 3.95. The number of methoxy groups -OCH3 is 1. The van der Waals surface area contributed by atoms with E-state index in [0.29, 0.717) is 11.3 Å². The molecule has 0 saturated heterocycles. The van der Waals surface area contributed by atoms with Gasteiger partial charge in [0, 0.05) is 11.6 Å². The fourth-order valence-electron chi connectivity index (χ4n) is 2.87. The zero-order valence-electron chi connectivity index (χ0n) is 12.8. The van der Waals surface area contributed by atoms with E-state index in [1.54, 1.807) is 19.2 Å². The Kier molecular flexibility index (Phi) is 3.59. The summed E-state index contributed by atoms with van der Waals surface area (Å²) in [6, 6.07) is 12.7. The Morgan fingerprint density at radius 1 is 1.26 bits per heavy atom. The van der Waals surface area contributed by atoms with Gasteiger partial charge in [-0.2, -0.15) is 5.26 Å². The van der Waals surface area contributed by atoms with Gasteiger partial charge in [-0.05, 0) is 30.2 Å². The lowest BCUT2D eigenvalue weighted by atomic mass is 9.83. The highest BCUT2D eigenvalue weighted by Gasteiger charge is 2.31. The van der Waals surface area contributed by atoms with Gasteiger partial charge in [0.2, 0.25) is 5.88 Å². The molecule has 0 radical (unpaired) electrons. The predicted molar refractivity (Wildman–Crippen MR) is 85.1 cm³/mol. The SMILES string of the molecule is COc1ccc(C2C(C#N)=C(N)Oc3cc(O)ccc32)cc1C. The maximum atomic E-state index is 9.65. The molecule has 2 aromatic carbocycles. The first-order chi connectivity index (χ1) is 11.0. The molecule has 1 unspecified atom stereocenters. The second kappa shape index (κ2) is 5.58. The molecule has 1 aliphatic rings. The van der Waals surface area contributed by atoms with E-state index in [0.717, 1.165) is 22.4 Å². The number of rotatable bonds is 2. The predicted octanol–water partition coefficient (Wildman–Crippen LogP) is 2.93. The third kappa shape index (κ3) is 2.44. The van der Waals surface area contributed by atoms with Gasteiger partial charge in [0.15, 0.2) is 0 Å². The Labute approximate surface area is 134 Å². The molecule has 0 saturated carbocycles. The lowest BCUT2D eigenvalue weighted by molar-refractivity contribution is 0.388. The van der Waals surface area contributed by atoms with Gasteiger partial charge in [-0.1, -0.05) is 18.2 Å². The van der Waals surface area contributed by atoms with Crippen LogP contribution in [0.25, 0.3) is 0 Å². The van der Waals surface area contributed by atoms with Crippen molar-refractivity contribution in [3.05, 3.63) is 64.5 Å². The van der Waals surface area contributed by atoms with Crippen molar-refractivity contribution in [1.82, 2.24) is 0 Å². The van der Waals surface area contributed by atoms with E-state index in [4.69, 9.17) is 15.2 Å². The molecule has 23 heavy (non-hydrogen) atoms. The molecule has 3 rings (SSSR count). The van der Waals surface area contributed by atoms with Crippen LogP contribution in [0.1, 0.15) is 22.6 Å². The van der Waals surface area contributed by atoms with Crippen LogP contribution >= 0.6 is 0 Å². The molecule has 5 heteroatoms. The van der Waals surface area contributed by atoms with Crippen molar-refractivity contribution in [2.45, 2.75) is 12.8 Å². The van der Waals surface area contributed by atoms with Crippen LogP contribution in [-0.2, 0) is 0 Å². The van der Waals surface area contributed by atoms with Crippen LogP contribution in [0, 0.1) is 18.3 Å². The zero-order valence-corrected chi connectivity index (χ0v) is 12.8. The van der Waals surface area contributed by atoms with E-state index in [-0.39, 0.29) is 17.6 Å². The Bertz CT molecular complexity index is 850. The summed E-state index contributed by atoms with van der Waals surface area (Å²) in [5.74, 6) is 1.04. The van der Waals surface area contributed by atoms with E-state index in [9.17, 15) is 10.4 Å². The summed E-state index contributed by atoms with van der Waals surface area (Å²) in [5, 5.41) is 19.1. The number of allylic oxidation sites excluding steroid dienone is 1. The highest BCUT2D eigenvalue weighted by atomic mass is 16.5. The summed E-state index contributed by atoms with van der Waals surface area (Å²) in [4.78, 5) is 0. The number of hydrogen-bond donors (Lipinski definition) is 2. The number of benzene rings is 2. The van der Waals surface area contributed by atoms with Crippen molar-refractivity contribution in [2.24, 2.45) is 5.73 Å². The molecule has 2 aromatic rings. The molecule has 1 heterocycles. The van der Waals surface area contributed by atoms with Gasteiger partial charge >= 0.3 is 0 Å². The largest absolute Gasteiger partial charge is 0.508 e. The Hall–Kier alpha value is -3.13. The van der Waals surface area contributed by atoms with E-state index in [2.05, 4.69) is 6.07 Å². The van der Waals surface area contributed by atoms with E-state index >= 15 is 0 Å². The summed E-state index contributed by atoms with van der Waals surface area (Å²) in [6.45, 7) is 1.94. The molecule has 1 aliphatic heterocycles. The number of phenolic OH excluding ortho intramolecular Hbond substituents is 1. The number of aryl methyl sites for hydroxylation is 1. The number of nitriles is 1. The summed E-state index contributed by atoms with van der Waals surface area (Å²) < 4.78 is 10.8. The van der Waals surface area contributed by atoms with Crippen LogP contribution in [0.5, 0.6) is 17.2 Å². The van der Waals surface area contributed by atoms with E-state index < -0.39 is 0 Å². The van der Waals surface area contributed by atoms with Gasteiger partial charge in [-0.25, -0.2) is 0 Å². The monoisotopic (exact) mass is 308 g/mol. The molecule has 1 atom stereocenters. The quantitative estimate of drug-likeness (QED) is 0.890. The highest BCUT2D eigenvalue weighted by Crippen LogP contribution is 2.43. The van der Waals surface area contributed by atoms with Gasteiger partial charge in [0.25, 0.3) is 0 Å². The van der Waals surface area contributed by atoms with Crippen LogP contribution in [0.15, 0.2) is 47.9 Å². The number of nitrogens with two attached hydrogens (primary N) is 1. The van der Waals surface area contributed by atoms with E-state index in [1.807, 2.05) is 25.1 Å². The standard InChI is InChI=1S/C18H16N2O3/c1-10-7-11(3-6-15(10)22-2)17-13-5-4-12(21)8-16(13)23-18(20)14(17)9-19/h3-8,17,21H,20H2,1-2H3. The first-order valence-electron chi connectivity index (χ1n) is 7.10. The van der Waals surface area contributed by atoms with Crippen molar-refractivity contribution in [3.8, 4) is 23.3 Å². The second-order valence-corrected chi connectivity index (χ2v) is 5.38. The van der Waals surface area contributed by atoms with Gasteiger partial charge in [-0.15, -0.1) is 0 Å². The number of ether oxygens (including phenoxy) is 2. The average Bonchev–Trinajstić information content (AvgIpc) is 2.53. The minimum Gasteiger partial charge on any atom is -0.508 e. The van der Waals surface area contributed by atoms with Gasteiger partial charge in [0.1, 0.15) is 28.9 Å². The lowest BCUT2D eigenvalue weighted by Gasteiger charge is -2.26. The fraction of sp³-hybridized carbons (Fsp3) is 0.167. The van der Waals surface area contributed by atoms with Crippen molar-refractivity contribution < 1.29 is 14.6 Å². The van der Waals surface area contributed by atoms with E-state index in [1.165, 1.54) is 6.07 Å². The molecule has 0 amide bonds. The number of fused-ring (bicyclic) bond motifs is 1. The van der Waals surface area contributed by atoms with Gasteiger partial charge in [0.05, 0.1) is 13.0 Å². The van der Waals surface area contributed by atoms with Crippen molar-refractivity contribution in [2.75, 3.05) is 7.11 Å². The van der Waals surface area contributed by atoms with Crippen molar-refractivity contribution in [3.63, 3.8) is 0 Å². The molecule has 116 valence electrons. The van der Waals surface area contributed by atoms with Crippen LogP contribution in [0.4, 0.5) is 0 Å². The zero-order chi connectivity index (χ0) is 16.6. The summed E-state index contributed by atoms with van der Waals surface area (Å²) in [7, 11) is 1.62. The molecule has 0 fully saturated rings. The first-order valence-corrected chi connectivity index (χ1v) is 7.10. The summed E-state index contributed by atoms with van der Waals surface area (Å²) in [6.07, 6.45) is 0. The van der Waals surface area contributed by atoms with Gasteiger partial charge < -0.3 is 20.3 Å². The highest BCUT2D eigenvalue weighted by molar-refractivity contribution is 5.57. The molecule has 5 nitrogen and oxygen atoms in total. The smallest absolute Gasteiger partial charge is 0.205 e. The number of aromatic hydroxyl groups is 1. The maximum Gasteiger partial charge on any atom is 0.205 e. The Morgan fingerprint density at radius 3 is 2.70 bits per heavy atom. The number of hydrogen-bond acceptors (Lipinski definition) is 5. The molecular weight excluding hydrogens is 292 g/mol. The molecule has 0 aromatic heterocycles. The normalized spacial score (nSPS) is 16.3. The minimum atomic E-state index is -0.339. The maximum absolute atomic E-state index is 9.65. The Balaban J connectivity index is 2.20. The first kappa shape index (κ1) is 14.8. The van der Waals surface area contributed by atoms with Crippen LogP contribution in [-0.4, -0.2) is 12.2 Å². The minimum absolute atomic E-state index is 0.0593. The Morgan fingerprint density at radius 2 is 2.04 bits per heavy atom. The van der Waals surface area contributed by atoms with Crippen LogP contribution < -0.4 is 15.2 Å². The summed E-state index contributed by atoms with van der Waals surface area (Å²) in [5.41, 5.74) is 8.93. The van der Waals surface area contributed by atoms with Crippen LogP contribution in [0.3, 0.4) is 0 Å². The number of phenols is 1. The van der Waals surface area contributed by atoms with Crippen LogP contribution in [0.2, 0.25) is 0 Å². The summed E-state index contributed by atoms with van der Waals surface area (Å²) >= 11 is 0. The van der Waals surface area contributed by atoms with Crippen molar-refractivity contribution in [1.29, 1.82) is 5.26 Å². The molecule has 0 spiro atoms. The second-order valence-electron chi connectivity index (χ2n) is 5.38.